The predicted molar refractivity (Wildman–Crippen MR) is 133 cm³/mol. The van der Waals surface area contributed by atoms with E-state index < -0.39 is 0 Å². The quantitative estimate of drug-likeness (QED) is 0.331. The van der Waals surface area contributed by atoms with Crippen molar-refractivity contribution in [2.75, 3.05) is 12.4 Å². The van der Waals surface area contributed by atoms with E-state index >= 15 is 0 Å². The van der Waals surface area contributed by atoms with Crippen molar-refractivity contribution < 1.29 is 9.13 Å². The smallest absolute Gasteiger partial charge is 0.223 e. The van der Waals surface area contributed by atoms with Gasteiger partial charge in [0.2, 0.25) is 5.95 Å². The lowest BCUT2D eigenvalue weighted by Gasteiger charge is -2.15. The number of nitrogens with zero attached hydrogens (tertiary/aromatic N) is 5. The van der Waals surface area contributed by atoms with Gasteiger partial charge in [-0.25, -0.2) is 19.0 Å². The minimum absolute atomic E-state index is 0.00708. The second kappa shape index (κ2) is 9.72. The summed E-state index contributed by atoms with van der Waals surface area (Å²) in [5.74, 6) is 0.894. The molecule has 2 heterocycles. The first kappa shape index (κ1) is 22.2. The van der Waals surface area contributed by atoms with Gasteiger partial charge in [0.15, 0.2) is 0 Å². The molecule has 0 bridgehead atoms. The zero-order chi connectivity index (χ0) is 24.2. The summed E-state index contributed by atoms with van der Waals surface area (Å²) in [6.45, 7) is 2.05. The zero-order valence-electron chi connectivity index (χ0n) is 19.3. The average molecular weight is 467 g/mol. The second-order valence-electron chi connectivity index (χ2n) is 7.95. The van der Waals surface area contributed by atoms with Crippen LogP contribution < -0.4 is 10.1 Å². The summed E-state index contributed by atoms with van der Waals surface area (Å²) in [6.07, 6.45) is 1.70. The molecule has 0 amide bonds. The molecule has 5 aromatic rings. The highest BCUT2D eigenvalue weighted by atomic mass is 19.1. The van der Waals surface area contributed by atoms with Crippen LogP contribution in [0.3, 0.4) is 0 Å². The molecule has 0 spiro atoms. The topological polar surface area (TPSA) is 77.8 Å². The molecule has 0 fully saturated rings. The lowest BCUT2D eigenvalue weighted by Crippen LogP contribution is -2.10. The standard InChI is InChI=1S/C27H23FN6O/c1-18(19-6-4-3-5-7-19)30-27-29-17-16-24(31-27)26-25(20-8-10-21(28)11-9-20)32-33-34(26)22-12-14-23(35-2)15-13-22/h3-18H,1-2H3,(H,29,30,31). The van der Waals surface area contributed by atoms with Crippen molar-refractivity contribution in [3.63, 3.8) is 0 Å². The molecular weight excluding hydrogens is 443 g/mol. The summed E-state index contributed by atoms with van der Waals surface area (Å²) >= 11 is 0. The Bertz CT molecular complexity index is 1420. The molecule has 0 saturated carbocycles. The normalized spacial score (nSPS) is 11.7. The highest BCUT2D eigenvalue weighted by Crippen LogP contribution is 2.32. The SMILES string of the molecule is COc1ccc(-n2nnc(-c3ccc(F)cc3)c2-c2ccnc(NC(C)c3ccccc3)n2)cc1. The third-order valence-electron chi connectivity index (χ3n) is 5.65. The Morgan fingerprint density at radius 2 is 1.66 bits per heavy atom. The summed E-state index contributed by atoms with van der Waals surface area (Å²) in [6, 6.07) is 25.6. The van der Waals surface area contributed by atoms with Crippen LogP contribution in [0.2, 0.25) is 0 Å². The average Bonchev–Trinajstić information content (AvgIpc) is 3.35. The molecule has 1 atom stereocenters. The Labute approximate surface area is 202 Å². The number of benzene rings is 3. The van der Waals surface area contributed by atoms with Gasteiger partial charge in [0.05, 0.1) is 24.5 Å². The van der Waals surface area contributed by atoms with E-state index in [0.29, 0.717) is 23.0 Å². The minimum atomic E-state index is -0.318. The predicted octanol–water partition coefficient (Wildman–Crippen LogP) is 5.71. The summed E-state index contributed by atoms with van der Waals surface area (Å²) in [5, 5.41) is 12.2. The summed E-state index contributed by atoms with van der Waals surface area (Å²) in [7, 11) is 1.62. The van der Waals surface area contributed by atoms with Crippen molar-refractivity contribution in [1.29, 1.82) is 0 Å². The number of methoxy groups -OCH3 is 1. The molecule has 1 N–H and O–H groups in total. The van der Waals surface area contributed by atoms with Crippen LogP contribution in [0.25, 0.3) is 28.3 Å². The Balaban J connectivity index is 1.58. The summed E-state index contributed by atoms with van der Waals surface area (Å²) in [5.41, 5.74) is 4.52. The molecule has 3 aromatic carbocycles. The van der Waals surface area contributed by atoms with E-state index in [0.717, 1.165) is 22.6 Å². The number of hydrogen-bond acceptors (Lipinski definition) is 6. The van der Waals surface area contributed by atoms with E-state index in [2.05, 4.69) is 39.7 Å². The number of hydrogen-bond donors (Lipinski definition) is 1. The van der Waals surface area contributed by atoms with Crippen LogP contribution in [0.15, 0.2) is 91.1 Å². The van der Waals surface area contributed by atoms with E-state index in [1.54, 1.807) is 30.1 Å². The lowest BCUT2D eigenvalue weighted by molar-refractivity contribution is 0.414. The molecule has 5 rings (SSSR count). The van der Waals surface area contributed by atoms with Crippen LogP contribution in [0.1, 0.15) is 18.5 Å². The van der Waals surface area contributed by atoms with Gasteiger partial charge in [0.1, 0.15) is 23.0 Å². The van der Waals surface area contributed by atoms with Gasteiger partial charge in [0.25, 0.3) is 0 Å². The highest BCUT2D eigenvalue weighted by molar-refractivity contribution is 5.77. The Morgan fingerprint density at radius 3 is 2.37 bits per heavy atom. The van der Waals surface area contributed by atoms with Gasteiger partial charge in [-0.1, -0.05) is 35.5 Å². The van der Waals surface area contributed by atoms with E-state index in [-0.39, 0.29) is 11.9 Å². The number of halogens is 1. The molecule has 35 heavy (non-hydrogen) atoms. The Kier molecular flexibility index (Phi) is 6.17. The molecule has 0 radical (unpaired) electrons. The number of aromatic nitrogens is 5. The van der Waals surface area contributed by atoms with Crippen LogP contribution >= 0.6 is 0 Å². The molecule has 1 unspecified atom stereocenters. The zero-order valence-corrected chi connectivity index (χ0v) is 19.3. The van der Waals surface area contributed by atoms with Crippen LogP contribution in [0.5, 0.6) is 5.75 Å². The third-order valence-corrected chi connectivity index (χ3v) is 5.65. The van der Waals surface area contributed by atoms with Gasteiger partial charge in [-0.05, 0) is 67.1 Å². The van der Waals surface area contributed by atoms with Crippen LogP contribution in [0, 0.1) is 5.82 Å². The van der Waals surface area contributed by atoms with Gasteiger partial charge in [-0.15, -0.1) is 5.10 Å². The van der Waals surface area contributed by atoms with Crippen LogP contribution in [-0.4, -0.2) is 32.1 Å². The van der Waals surface area contributed by atoms with Crippen molar-refractivity contribution in [2.45, 2.75) is 13.0 Å². The minimum Gasteiger partial charge on any atom is -0.497 e. The van der Waals surface area contributed by atoms with E-state index in [1.165, 1.54) is 12.1 Å². The Hall–Kier alpha value is -4.59. The van der Waals surface area contributed by atoms with Crippen LogP contribution in [-0.2, 0) is 0 Å². The molecule has 0 saturated heterocycles. The molecule has 7 nitrogen and oxygen atoms in total. The highest BCUT2D eigenvalue weighted by Gasteiger charge is 2.20. The molecule has 0 aliphatic carbocycles. The number of rotatable bonds is 7. The fourth-order valence-electron chi connectivity index (χ4n) is 3.80. The number of ether oxygens (including phenoxy) is 1. The third kappa shape index (κ3) is 4.72. The first-order valence-electron chi connectivity index (χ1n) is 11.1. The van der Waals surface area contributed by atoms with E-state index in [4.69, 9.17) is 9.72 Å². The maximum absolute atomic E-state index is 13.6. The largest absolute Gasteiger partial charge is 0.497 e. The monoisotopic (exact) mass is 466 g/mol. The van der Waals surface area contributed by atoms with Gasteiger partial charge in [0, 0.05) is 11.8 Å². The van der Waals surface area contributed by atoms with Crippen molar-refractivity contribution >= 4 is 5.95 Å². The second-order valence-corrected chi connectivity index (χ2v) is 7.95. The molecule has 0 aliphatic rings. The Morgan fingerprint density at radius 1 is 0.914 bits per heavy atom. The maximum Gasteiger partial charge on any atom is 0.223 e. The molecule has 8 heteroatoms. The number of nitrogens with one attached hydrogen (secondary N) is 1. The summed E-state index contributed by atoms with van der Waals surface area (Å²) in [4.78, 5) is 9.20. The summed E-state index contributed by atoms with van der Waals surface area (Å²) < 4.78 is 20.6. The van der Waals surface area contributed by atoms with Crippen LogP contribution in [0.4, 0.5) is 10.3 Å². The first-order valence-corrected chi connectivity index (χ1v) is 11.1. The van der Waals surface area contributed by atoms with Crippen molar-refractivity contribution in [3.8, 4) is 34.1 Å². The molecular formula is C27H23FN6O. The van der Waals surface area contributed by atoms with Gasteiger partial charge in [-0.3, -0.25) is 0 Å². The van der Waals surface area contributed by atoms with E-state index in [9.17, 15) is 4.39 Å². The number of anilines is 1. The van der Waals surface area contributed by atoms with Gasteiger partial charge >= 0.3 is 0 Å². The molecule has 0 aliphatic heterocycles. The van der Waals surface area contributed by atoms with E-state index in [1.807, 2.05) is 48.5 Å². The van der Waals surface area contributed by atoms with Gasteiger partial charge in [-0.2, -0.15) is 0 Å². The van der Waals surface area contributed by atoms with Gasteiger partial charge < -0.3 is 10.1 Å². The van der Waals surface area contributed by atoms with Crippen molar-refractivity contribution in [2.24, 2.45) is 0 Å². The fraction of sp³-hybridized carbons (Fsp3) is 0.111. The maximum atomic E-state index is 13.6. The fourth-order valence-corrected chi connectivity index (χ4v) is 3.80. The first-order chi connectivity index (χ1) is 17.1. The van der Waals surface area contributed by atoms with Crippen molar-refractivity contribution in [3.05, 3.63) is 103 Å². The lowest BCUT2D eigenvalue weighted by atomic mass is 10.1. The molecule has 2 aromatic heterocycles. The van der Waals surface area contributed by atoms with Crippen molar-refractivity contribution in [1.82, 2.24) is 25.0 Å². The molecule has 174 valence electrons.